The maximum atomic E-state index is 4.51. The van der Waals surface area contributed by atoms with Gasteiger partial charge in [-0.15, -0.1) is 0 Å². The zero-order valence-electron chi connectivity index (χ0n) is 14.3. The molecule has 0 spiro atoms. The van der Waals surface area contributed by atoms with Crippen LogP contribution in [0.15, 0.2) is 6.33 Å². The summed E-state index contributed by atoms with van der Waals surface area (Å²) in [6.45, 7) is 14.3. The van der Waals surface area contributed by atoms with Crippen LogP contribution in [0.4, 0.5) is 0 Å². The van der Waals surface area contributed by atoms with E-state index in [1.165, 1.54) is 19.3 Å². The van der Waals surface area contributed by atoms with Crippen LogP contribution in [0.1, 0.15) is 65.7 Å². The average molecular weight is 293 g/mol. The number of rotatable bonds is 6. The van der Waals surface area contributed by atoms with Crippen molar-refractivity contribution in [3.63, 3.8) is 0 Å². The number of nitrogens with one attached hydrogen (secondary N) is 1. The first-order valence-corrected chi connectivity index (χ1v) is 8.43. The molecular formula is C16H31N5. The van der Waals surface area contributed by atoms with Crippen molar-refractivity contribution >= 4 is 0 Å². The summed E-state index contributed by atoms with van der Waals surface area (Å²) in [5.74, 6) is 1.09. The molecule has 1 aliphatic heterocycles. The fraction of sp³-hybridized carbons (Fsp3) is 0.875. The Bertz CT molecular complexity index is 436. The third-order valence-electron chi connectivity index (χ3n) is 5.11. The molecule has 0 radical (unpaired) electrons. The minimum Gasteiger partial charge on any atom is -0.311 e. The molecule has 1 fully saturated rings. The molecule has 2 heterocycles. The molecule has 5 nitrogen and oxygen atoms in total. The lowest BCUT2D eigenvalue weighted by Crippen LogP contribution is -2.63. The first-order chi connectivity index (χ1) is 10.1. The topological polar surface area (TPSA) is 46.0 Å². The van der Waals surface area contributed by atoms with Crippen LogP contribution in [0.25, 0.3) is 0 Å². The summed E-state index contributed by atoms with van der Waals surface area (Å²) in [5, 5.41) is 8.11. The van der Waals surface area contributed by atoms with E-state index in [0.717, 1.165) is 25.5 Å². The Labute approximate surface area is 129 Å². The maximum absolute atomic E-state index is 4.51. The van der Waals surface area contributed by atoms with Crippen LogP contribution < -0.4 is 5.32 Å². The van der Waals surface area contributed by atoms with Crippen LogP contribution in [0.3, 0.4) is 0 Å². The van der Waals surface area contributed by atoms with Crippen molar-refractivity contribution in [2.75, 3.05) is 13.1 Å². The number of piperazine rings is 1. The molecular weight excluding hydrogens is 262 g/mol. The number of hydrogen-bond donors (Lipinski definition) is 1. The van der Waals surface area contributed by atoms with E-state index >= 15 is 0 Å². The van der Waals surface area contributed by atoms with Crippen LogP contribution in [0.5, 0.6) is 0 Å². The van der Waals surface area contributed by atoms with Gasteiger partial charge in [0.25, 0.3) is 0 Å². The molecule has 0 aromatic carbocycles. The first kappa shape index (κ1) is 16.4. The van der Waals surface area contributed by atoms with E-state index in [-0.39, 0.29) is 5.54 Å². The Morgan fingerprint density at radius 3 is 2.62 bits per heavy atom. The highest BCUT2D eigenvalue weighted by molar-refractivity contribution is 5.00. The van der Waals surface area contributed by atoms with E-state index in [4.69, 9.17) is 0 Å². The second kappa shape index (κ2) is 6.88. The van der Waals surface area contributed by atoms with E-state index in [9.17, 15) is 0 Å². The lowest BCUT2D eigenvalue weighted by Gasteiger charge is -2.49. The maximum Gasteiger partial charge on any atom is 0.141 e. The van der Waals surface area contributed by atoms with Gasteiger partial charge in [0.15, 0.2) is 0 Å². The van der Waals surface area contributed by atoms with E-state index in [2.05, 4.69) is 59.6 Å². The fourth-order valence-corrected chi connectivity index (χ4v) is 3.41. The highest BCUT2D eigenvalue weighted by Gasteiger charge is 2.38. The van der Waals surface area contributed by atoms with Crippen molar-refractivity contribution < 1.29 is 0 Å². The van der Waals surface area contributed by atoms with Crippen molar-refractivity contribution in [1.82, 2.24) is 25.0 Å². The van der Waals surface area contributed by atoms with E-state index in [1.54, 1.807) is 6.33 Å². The predicted molar refractivity (Wildman–Crippen MR) is 86.2 cm³/mol. The molecule has 0 amide bonds. The molecule has 0 aliphatic carbocycles. The molecule has 1 N–H and O–H groups in total. The largest absolute Gasteiger partial charge is 0.311 e. The summed E-state index contributed by atoms with van der Waals surface area (Å²) >= 11 is 0. The van der Waals surface area contributed by atoms with Gasteiger partial charge in [0.1, 0.15) is 12.2 Å². The minimum absolute atomic E-state index is 0.249. The van der Waals surface area contributed by atoms with Crippen molar-refractivity contribution in [3.05, 3.63) is 12.2 Å². The van der Waals surface area contributed by atoms with Crippen LogP contribution in [0.2, 0.25) is 0 Å². The molecule has 0 bridgehead atoms. The highest BCUT2D eigenvalue weighted by Crippen LogP contribution is 2.29. The van der Waals surface area contributed by atoms with Gasteiger partial charge in [-0.05, 0) is 33.1 Å². The SMILES string of the molecule is CCC1CN(Cc2ncnn2C(C)C)C(CC)(CC)CN1. The molecule has 0 saturated carbocycles. The molecule has 5 heteroatoms. The van der Waals surface area contributed by atoms with Crippen LogP contribution in [-0.4, -0.2) is 44.3 Å². The molecule has 2 rings (SSSR count). The third kappa shape index (κ3) is 3.29. The summed E-state index contributed by atoms with van der Waals surface area (Å²) in [4.78, 5) is 7.15. The standard InChI is InChI=1S/C16H31N5/c1-6-14-9-20(16(7-2,8-3)11-17-14)10-15-18-12-19-21(15)13(4)5/h12-14,17H,6-11H2,1-5H3. The van der Waals surface area contributed by atoms with Gasteiger partial charge in [-0.25, -0.2) is 9.67 Å². The molecule has 1 aromatic heterocycles. The summed E-state index contributed by atoms with van der Waals surface area (Å²) in [7, 11) is 0. The molecule has 1 unspecified atom stereocenters. The third-order valence-corrected chi connectivity index (χ3v) is 5.11. The molecule has 1 saturated heterocycles. The molecule has 1 atom stereocenters. The number of hydrogen-bond acceptors (Lipinski definition) is 4. The first-order valence-electron chi connectivity index (χ1n) is 8.43. The van der Waals surface area contributed by atoms with Crippen molar-refractivity contribution in [2.45, 2.75) is 78.0 Å². The van der Waals surface area contributed by atoms with Gasteiger partial charge in [0, 0.05) is 30.7 Å². The van der Waals surface area contributed by atoms with Crippen LogP contribution in [0, 0.1) is 0 Å². The molecule has 1 aliphatic rings. The van der Waals surface area contributed by atoms with E-state index in [0.29, 0.717) is 12.1 Å². The van der Waals surface area contributed by atoms with Crippen LogP contribution in [-0.2, 0) is 6.54 Å². The Morgan fingerprint density at radius 2 is 2.05 bits per heavy atom. The van der Waals surface area contributed by atoms with Gasteiger partial charge in [0.2, 0.25) is 0 Å². The summed E-state index contributed by atoms with van der Waals surface area (Å²) in [6, 6.07) is 0.955. The van der Waals surface area contributed by atoms with Gasteiger partial charge in [-0.3, -0.25) is 4.90 Å². The minimum atomic E-state index is 0.249. The van der Waals surface area contributed by atoms with Gasteiger partial charge in [0.05, 0.1) is 6.54 Å². The predicted octanol–water partition coefficient (Wildman–Crippen LogP) is 2.60. The quantitative estimate of drug-likeness (QED) is 0.876. The average Bonchev–Trinajstić information content (AvgIpc) is 2.96. The number of nitrogens with zero attached hydrogens (tertiary/aromatic N) is 4. The van der Waals surface area contributed by atoms with Gasteiger partial charge < -0.3 is 5.32 Å². The van der Waals surface area contributed by atoms with E-state index in [1.807, 2.05) is 0 Å². The molecule has 1 aromatic rings. The lowest BCUT2D eigenvalue weighted by atomic mass is 9.86. The smallest absolute Gasteiger partial charge is 0.141 e. The zero-order valence-corrected chi connectivity index (χ0v) is 14.3. The highest BCUT2D eigenvalue weighted by atomic mass is 15.4. The second-order valence-electron chi connectivity index (χ2n) is 6.51. The monoisotopic (exact) mass is 293 g/mol. The lowest BCUT2D eigenvalue weighted by molar-refractivity contribution is 0.0204. The Kier molecular flexibility index (Phi) is 5.38. The van der Waals surface area contributed by atoms with Gasteiger partial charge >= 0.3 is 0 Å². The summed E-state index contributed by atoms with van der Waals surface area (Å²) in [5.41, 5.74) is 0.249. The Morgan fingerprint density at radius 1 is 1.33 bits per heavy atom. The van der Waals surface area contributed by atoms with Crippen molar-refractivity contribution in [2.24, 2.45) is 0 Å². The zero-order chi connectivity index (χ0) is 15.5. The molecule has 120 valence electrons. The van der Waals surface area contributed by atoms with Crippen LogP contribution >= 0.6 is 0 Å². The Hall–Kier alpha value is -0.940. The normalized spacial score (nSPS) is 22.9. The number of aromatic nitrogens is 3. The molecule has 21 heavy (non-hydrogen) atoms. The Balaban J connectivity index is 2.21. The van der Waals surface area contributed by atoms with Gasteiger partial charge in [-0.2, -0.15) is 5.10 Å². The van der Waals surface area contributed by atoms with E-state index < -0.39 is 0 Å². The summed E-state index contributed by atoms with van der Waals surface area (Å²) < 4.78 is 2.05. The fourth-order valence-electron chi connectivity index (χ4n) is 3.41. The summed E-state index contributed by atoms with van der Waals surface area (Å²) in [6.07, 6.45) is 5.21. The van der Waals surface area contributed by atoms with Gasteiger partial charge in [-0.1, -0.05) is 20.8 Å². The van der Waals surface area contributed by atoms with Crippen molar-refractivity contribution in [3.8, 4) is 0 Å². The van der Waals surface area contributed by atoms with Crippen molar-refractivity contribution in [1.29, 1.82) is 0 Å². The second-order valence-corrected chi connectivity index (χ2v) is 6.51.